The molecule has 0 saturated carbocycles. The van der Waals surface area contributed by atoms with Crippen molar-refractivity contribution in [2.24, 2.45) is 11.8 Å². The zero-order valence-corrected chi connectivity index (χ0v) is 51.3. The highest BCUT2D eigenvalue weighted by Gasteiger charge is 2.27. The molecule has 12 heteroatoms. The van der Waals surface area contributed by atoms with Crippen molar-refractivity contribution in [3.05, 3.63) is 0 Å². The molecule has 0 radical (unpaired) electrons. The second-order valence-corrected chi connectivity index (χ2v) is 23.1. The molecule has 0 bridgehead atoms. The second kappa shape index (κ2) is 50.6. The molecule has 2 amide bonds. The zero-order valence-electron chi connectivity index (χ0n) is 51.3. The highest BCUT2D eigenvalue weighted by Crippen LogP contribution is 2.22. The molecule has 1 aliphatic rings. The van der Waals surface area contributed by atoms with E-state index in [0.717, 1.165) is 116 Å². The van der Waals surface area contributed by atoms with Crippen LogP contribution >= 0.6 is 0 Å². The SMILES string of the molecule is CCCCCCCN(CCCCCC(=O)OCC(CCCCC)CCCCC)C(=O)OCCN(CCOC(=O)N(CCCCCCC)CCCCCC(=O)OCC(CCCCC)CCCCC)C1CCN(C(C)C)CC1. The number of carbonyl (C=O) groups excluding carboxylic acids is 4. The Kier molecular flexibility index (Phi) is 47.6. The van der Waals surface area contributed by atoms with Gasteiger partial charge in [0.25, 0.3) is 0 Å². The Hall–Kier alpha value is -2.60. The average Bonchev–Trinajstić information content (AvgIpc) is 3.41. The van der Waals surface area contributed by atoms with Crippen molar-refractivity contribution in [2.75, 3.05) is 78.8 Å². The number of unbranched alkanes of at least 4 members (excludes halogenated alkanes) is 20. The molecule has 0 aromatic rings. The minimum absolute atomic E-state index is 0.0935. The Balaban J connectivity index is 2.84. The molecule has 0 atom stereocenters. The highest BCUT2D eigenvalue weighted by molar-refractivity contribution is 5.70. The fraction of sp³-hybridized carbons (Fsp3) is 0.938. The van der Waals surface area contributed by atoms with E-state index in [1.807, 2.05) is 9.80 Å². The third-order valence-corrected chi connectivity index (χ3v) is 16.0. The topological polar surface area (TPSA) is 118 Å². The second-order valence-electron chi connectivity index (χ2n) is 23.1. The number of hydrogen-bond donors (Lipinski definition) is 0. The average molecular weight is 1080 g/mol. The van der Waals surface area contributed by atoms with Gasteiger partial charge in [0.2, 0.25) is 0 Å². The number of hydrogen-bond acceptors (Lipinski definition) is 10. The maximum absolute atomic E-state index is 13.8. The van der Waals surface area contributed by atoms with Crippen LogP contribution in [0.2, 0.25) is 0 Å². The third-order valence-electron chi connectivity index (χ3n) is 16.0. The van der Waals surface area contributed by atoms with E-state index in [1.165, 1.54) is 116 Å². The van der Waals surface area contributed by atoms with Gasteiger partial charge in [0.1, 0.15) is 13.2 Å². The predicted octanol–water partition coefficient (Wildman–Crippen LogP) is 16.7. The van der Waals surface area contributed by atoms with Gasteiger partial charge in [0.05, 0.1) is 13.2 Å². The first kappa shape index (κ1) is 71.4. The van der Waals surface area contributed by atoms with Gasteiger partial charge in [-0.25, -0.2) is 9.59 Å². The molecular formula is C64H124N4O8. The molecule has 0 aromatic heterocycles. The monoisotopic (exact) mass is 1080 g/mol. The van der Waals surface area contributed by atoms with Gasteiger partial charge in [-0.2, -0.15) is 0 Å². The molecule has 1 saturated heterocycles. The van der Waals surface area contributed by atoms with Crippen LogP contribution in [-0.4, -0.2) is 135 Å². The lowest BCUT2D eigenvalue weighted by molar-refractivity contribution is -0.146. The summed E-state index contributed by atoms with van der Waals surface area (Å²) in [5.74, 6) is 0.745. The summed E-state index contributed by atoms with van der Waals surface area (Å²) in [6.07, 6.45) is 37.6. The number of esters is 2. The maximum Gasteiger partial charge on any atom is 0.409 e. The molecular weight excluding hydrogens is 953 g/mol. The van der Waals surface area contributed by atoms with Crippen molar-refractivity contribution in [1.82, 2.24) is 19.6 Å². The Bertz CT molecular complexity index is 1260. The summed E-state index contributed by atoms with van der Waals surface area (Å²) in [5, 5.41) is 0. The number of rotatable bonds is 52. The summed E-state index contributed by atoms with van der Waals surface area (Å²) in [7, 11) is 0. The van der Waals surface area contributed by atoms with Gasteiger partial charge in [-0.3, -0.25) is 14.5 Å². The van der Waals surface area contributed by atoms with Crippen LogP contribution in [0.1, 0.15) is 287 Å². The lowest BCUT2D eigenvalue weighted by atomic mass is 9.96. The first-order valence-corrected chi connectivity index (χ1v) is 32.7. The summed E-state index contributed by atoms with van der Waals surface area (Å²) in [5.41, 5.74) is 0. The first-order chi connectivity index (χ1) is 37.0. The Labute approximate surface area is 469 Å². The molecule has 76 heavy (non-hydrogen) atoms. The van der Waals surface area contributed by atoms with Gasteiger partial charge >= 0.3 is 24.1 Å². The van der Waals surface area contributed by atoms with Crippen molar-refractivity contribution in [1.29, 1.82) is 0 Å². The van der Waals surface area contributed by atoms with Gasteiger partial charge in [0, 0.05) is 64.2 Å². The molecule has 1 aliphatic heterocycles. The fourth-order valence-electron chi connectivity index (χ4n) is 10.7. The van der Waals surface area contributed by atoms with E-state index in [0.29, 0.717) is 89.2 Å². The summed E-state index contributed by atoms with van der Waals surface area (Å²) in [6.45, 7) is 25.3. The lowest BCUT2D eigenvalue weighted by Crippen LogP contribution is -2.49. The van der Waals surface area contributed by atoms with E-state index in [1.54, 1.807) is 0 Å². The van der Waals surface area contributed by atoms with Crippen LogP contribution in [0.25, 0.3) is 0 Å². The van der Waals surface area contributed by atoms with Crippen molar-refractivity contribution in [3.8, 4) is 0 Å². The van der Waals surface area contributed by atoms with E-state index < -0.39 is 0 Å². The largest absolute Gasteiger partial charge is 0.465 e. The lowest BCUT2D eigenvalue weighted by Gasteiger charge is -2.40. The molecule has 1 rings (SSSR count). The molecule has 0 spiro atoms. The van der Waals surface area contributed by atoms with E-state index in [-0.39, 0.29) is 37.3 Å². The van der Waals surface area contributed by atoms with Crippen LogP contribution < -0.4 is 0 Å². The summed E-state index contributed by atoms with van der Waals surface area (Å²) in [4.78, 5) is 61.8. The van der Waals surface area contributed by atoms with E-state index in [4.69, 9.17) is 18.9 Å². The molecule has 1 fully saturated rings. The van der Waals surface area contributed by atoms with Gasteiger partial charge < -0.3 is 33.6 Å². The van der Waals surface area contributed by atoms with E-state index >= 15 is 0 Å². The van der Waals surface area contributed by atoms with E-state index in [2.05, 4.69) is 65.2 Å². The molecule has 0 N–H and O–H groups in total. The highest BCUT2D eigenvalue weighted by atomic mass is 16.6. The Morgan fingerprint density at radius 1 is 0.408 bits per heavy atom. The summed E-state index contributed by atoms with van der Waals surface area (Å²) >= 11 is 0. The van der Waals surface area contributed by atoms with Crippen molar-refractivity contribution < 1.29 is 38.1 Å². The smallest absolute Gasteiger partial charge is 0.409 e. The summed E-state index contributed by atoms with van der Waals surface area (Å²) in [6, 6.07) is 0.812. The minimum Gasteiger partial charge on any atom is -0.465 e. The number of piperidine rings is 1. The standard InChI is InChI=1S/C64H124N4O8/c1-9-15-21-23-33-45-67(47-35-25-31-41-61(69)75-55-58(37-27-17-11-3)38-28-18-12-4)63(71)73-53-51-66(60-43-49-65(50-44-60)57(7)8)52-54-74-64(72)68(46-34-24-22-16-10-2)48-36-26-32-42-62(70)76-56-59(39-29-19-13-5)40-30-20-14-6/h57-60H,9-56H2,1-8H3. The van der Waals surface area contributed by atoms with E-state index in [9.17, 15) is 19.2 Å². The van der Waals surface area contributed by atoms with Crippen molar-refractivity contribution in [2.45, 2.75) is 299 Å². The van der Waals surface area contributed by atoms with Crippen LogP contribution in [0.3, 0.4) is 0 Å². The van der Waals surface area contributed by atoms with Crippen LogP contribution in [0, 0.1) is 11.8 Å². The maximum atomic E-state index is 13.8. The number of amides is 2. The van der Waals surface area contributed by atoms with Crippen molar-refractivity contribution >= 4 is 24.1 Å². The van der Waals surface area contributed by atoms with Gasteiger partial charge in [-0.15, -0.1) is 0 Å². The van der Waals surface area contributed by atoms with Gasteiger partial charge in [0.15, 0.2) is 0 Å². The fourth-order valence-corrected chi connectivity index (χ4v) is 10.7. The Morgan fingerprint density at radius 2 is 0.724 bits per heavy atom. The molecule has 0 aromatic carbocycles. The molecule has 0 aliphatic carbocycles. The quantitative estimate of drug-likeness (QED) is 0.0331. The van der Waals surface area contributed by atoms with Crippen molar-refractivity contribution in [3.63, 3.8) is 0 Å². The van der Waals surface area contributed by atoms with Crippen LogP contribution in [0.5, 0.6) is 0 Å². The third kappa shape index (κ3) is 38.9. The number of ether oxygens (including phenoxy) is 4. The van der Waals surface area contributed by atoms with Crippen LogP contribution in [0.4, 0.5) is 9.59 Å². The van der Waals surface area contributed by atoms with Crippen LogP contribution in [-0.2, 0) is 28.5 Å². The number of nitrogens with zero attached hydrogens (tertiary/aromatic N) is 4. The Morgan fingerprint density at radius 3 is 1.05 bits per heavy atom. The van der Waals surface area contributed by atoms with Gasteiger partial charge in [-0.05, 0) is 116 Å². The van der Waals surface area contributed by atoms with Crippen LogP contribution in [0.15, 0.2) is 0 Å². The zero-order chi connectivity index (χ0) is 55.7. The molecule has 0 unspecified atom stereocenters. The number of carbonyl (C=O) groups is 4. The number of likely N-dealkylation sites (tertiary alicyclic amines) is 1. The molecule has 448 valence electrons. The predicted molar refractivity (Wildman–Crippen MR) is 317 cm³/mol. The molecule has 1 heterocycles. The normalized spacial score (nSPS) is 13.3. The van der Waals surface area contributed by atoms with Gasteiger partial charge in [-0.1, -0.05) is 183 Å². The summed E-state index contributed by atoms with van der Waals surface area (Å²) < 4.78 is 23.7. The minimum atomic E-state index is -0.260. The molecule has 12 nitrogen and oxygen atoms in total. The first-order valence-electron chi connectivity index (χ1n) is 32.7.